The molecule has 0 fully saturated rings. The molecule has 0 saturated carbocycles. The Hall–Kier alpha value is -3.05. The highest BCUT2D eigenvalue weighted by Gasteiger charge is 2.31. The molecule has 31 heavy (non-hydrogen) atoms. The van der Waals surface area contributed by atoms with E-state index in [2.05, 4.69) is 15.3 Å². The number of alkyl halides is 3. The fourth-order valence-electron chi connectivity index (χ4n) is 2.51. The quantitative estimate of drug-likeness (QED) is 0.435. The molecule has 1 amide bonds. The number of hydrogen-bond donors (Lipinski definition) is 1. The van der Waals surface area contributed by atoms with Crippen molar-refractivity contribution in [3.05, 3.63) is 82.4 Å². The predicted octanol–water partition coefficient (Wildman–Crippen LogP) is 4.51. The lowest BCUT2D eigenvalue weighted by Gasteiger charge is -2.11. The van der Waals surface area contributed by atoms with E-state index in [1.54, 1.807) is 0 Å². The molecule has 1 N–H and O–H groups in total. The molecule has 0 radical (unpaired) electrons. The fraction of sp³-hybridized carbons (Fsp3) is 0.105. The number of sulfone groups is 1. The second-order valence-corrected chi connectivity index (χ2v) is 8.52. The molecular formula is C19H12ClF4N3O3S. The maximum atomic E-state index is 13.8. The van der Waals surface area contributed by atoms with E-state index in [0.29, 0.717) is 6.07 Å². The first-order chi connectivity index (χ1) is 14.5. The molecule has 3 rings (SSSR count). The van der Waals surface area contributed by atoms with Gasteiger partial charge in [-0.05, 0) is 24.3 Å². The van der Waals surface area contributed by atoms with Crippen LogP contribution in [0.5, 0.6) is 0 Å². The molecule has 1 heterocycles. The number of anilines is 1. The zero-order valence-corrected chi connectivity index (χ0v) is 16.9. The third-order valence-corrected chi connectivity index (χ3v) is 5.69. The van der Waals surface area contributed by atoms with E-state index >= 15 is 0 Å². The predicted molar refractivity (Wildman–Crippen MR) is 104 cm³/mol. The molecule has 1 aromatic heterocycles. The number of hydrogen-bond acceptors (Lipinski definition) is 5. The second-order valence-electron chi connectivity index (χ2n) is 6.23. The Kier molecular flexibility index (Phi) is 6.27. The summed E-state index contributed by atoms with van der Waals surface area (Å²) in [4.78, 5) is 19.7. The van der Waals surface area contributed by atoms with E-state index in [9.17, 15) is 30.8 Å². The number of nitrogens with one attached hydrogen (secondary N) is 1. The van der Waals surface area contributed by atoms with E-state index in [-0.39, 0.29) is 16.3 Å². The monoisotopic (exact) mass is 473 g/mol. The smallest absolute Gasteiger partial charge is 0.321 e. The lowest BCUT2D eigenvalue weighted by molar-refractivity contribution is -0.137. The van der Waals surface area contributed by atoms with Crippen LogP contribution in [0.3, 0.4) is 0 Å². The molecule has 12 heteroatoms. The van der Waals surface area contributed by atoms with Crippen LogP contribution < -0.4 is 5.32 Å². The van der Waals surface area contributed by atoms with Gasteiger partial charge in [-0.3, -0.25) is 4.79 Å². The highest BCUT2D eigenvalue weighted by Crippen LogP contribution is 2.31. The Morgan fingerprint density at radius 2 is 1.81 bits per heavy atom. The minimum Gasteiger partial charge on any atom is -0.321 e. The van der Waals surface area contributed by atoms with Crippen LogP contribution in [0, 0.1) is 5.82 Å². The SMILES string of the molecule is O=C(Nc1cccc(C(F)(F)F)c1)c1nc(S(=O)(=O)Cc2ccccc2F)ncc1Cl. The molecule has 3 aromatic rings. The molecule has 0 aliphatic carbocycles. The number of nitrogens with zero attached hydrogens (tertiary/aromatic N) is 2. The molecule has 0 aliphatic heterocycles. The summed E-state index contributed by atoms with van der Waals surface area (Å²) in [7, 11) is -4.26. The molecule has 0 atom stereocenters. The van der Waals surface area contributed by atoms with Gasteiger partial charge in [-0.1, -0.05) is 35.9 Å². The van der Waals surface area contributed by atoms with E-state index in [1.807, 2.05) is 0 Å². The molecule has 162 valence electrons. The highest BCUT2D eigenvalue weighted by atomic mass is 35.5. The maximum absolute atomic E-state index is 13.8. The van der Waals surface area contributed by atoms with Gasteiger partial charge in [-0.25, -0.2) is 22.8 Å². The summed E-state index contributed by atoms with van der Waals surface area (Å²) in [5.74, 6) is -2.56. The summed E-state index contributed by atoms with van der Waals surface area (Å²) in [6, 6.07) is 9.00. The number of amides is 1. The van der Waals surface area contributed by atoms with Crippen molar-refractivity contribution in [3.63, 3.8) is 0 Å². The third-order valence-electron chi connectivity index (χ3n) is 3.97. The summed E-state index contributed by atoms with van der Waals surface area (Å²) in [6.45, 7) is 0. The lowest BCUT2D eigenvalue weighted by Crippen LogP contribution is -2.18. The molecular weight excluding hydrogens is 462 g/mol. The molecule has 0 spiro atoms. The van der Waals surface area contributed by atoms with Crippen molar-refractivity contribution < 1.29 is 30.8 Å². The molecule has 0 aliphatic rings. The van der Waals surface area contributed by atoms with Crippen LogP contribution >= 0.6 is 11.6 Å². The summed E-state index contributed by atoms with van der Waals surface area (Å²) in [5.41, 5.74) is -1.89. The maximum Gasteiger partial charge on any atom is 0.416 e. The van der Waals surface area contributed by atoms with Crippen molar-refractivity contribution in [2.75, 3.05) is 5.32 Å². The first kappa shape index (κ1) is 22.6. The van der Waals surface area contributed by atoms with Gasteiger partial charge in [-0.2, -0.15) is 13.2 Å². The van der Waals surface area contributed by atoms with Crippen LogP contribution in [0.4, 0.5) is 23.2 Å². The largest absolute Gasteiger partial charge is 0.416 e. The summed E-state index contributed by atoms with van der Waals surface area (Å²) >= 11 is 5.88. The second kappa shape index (κ2) is 8.60. The van der Waals surface area contributed by atoms with Crippen molar-refractivity contribution in [2.45, 2.75) is 17.1 Å². The Bertz CT molecular complexity index is 1250. The van der Waals surface area contributed by atoms with Crippen LogP contribution in [0.2, 0.25) is 5.02 Å². The number of aromatic nitrogens is 2. The van der Waals surface area contributed by atoms with Gasteiger partial charge in [0.15, 0.2) is 5.69 Å². The zero-order chi connectivity index (χ0) is 22.8. The minimum atomic E-state index is -4.62. The summed E-state index contributed by atoms with van der Waals surface area (Å²) in [5, 5.41) is 1.07. The topological polar surface area (TPSA) is 89.0 Å². The Morgan fingerprint density at radius 3 is 2.48 bits per heavy atom. The highest BCUT2D eigenvalue weighted by molar-refractivity contribution is 7.90. The number of benzene rings is 2. The van der Waals surface area contributed by atoms with Crippen LogP contribution in [-0.4, -0.2) is 24.3 Å². The molecule has 0 bridgehead atoms. The molecule has 2 aromatic carbocycles. The first-order valence-electron chi connectivity index (χ1n) is 8.45. The van der Waals surface area contributed by atoms with Gasteiger partial charge in [0.2, 0.25) is 15.0 Å². The van der Waals surface area contributed by atoms with Crippen LogP contribution in [0.15, 0.2) is 59.9 Å². The first-order valence-corrected chi connectivity index (χ1v) is 10.5. The normalized spacial score (nSPS) is 11.9. The number of carbonyl (C=O) groups is 1. The van der Waals surface area contributed by atoms with Gasteiger partial charge in [0, 0.05) is 11.3 Å². The van der Waals surface area contributed by atoms with E-state index < -0.39 is 49.9 Å². The van der Waals surface area contributed by atoms with Gasteiger partial charge < -0.3 is 5.32 Å². The molecule has 0 saturated heterocycles. The van der Waals surface area contributed by atoms with Crippen molar-refractivity contribution in [3.8, 4) is 0 Å². The van der Waals surface area contributed by atoms with Gasteiger partial charge in [0.1, 0.15) is 5.82 Å². The average molecular weight is 474 g/mol. The average Bonchev–Trinajstić information content (AvgIpc) is 2.69. The van der Waals surface area contributed by atoms with E-state index in [4.69, 9.17) is 11.6 Å². The van der Waals surface area contributed by atoms with Crippen LogP contribution in [-0.2, 0) is 21.8 Å². The van der Waals surface area contributed by atoms with Crippen molar-refractivity contribution >= 4 is 33.0 Å². The summed E-state index contributed by atoms with van der Waals surface area (Å²) < 4.78 is 77.4. The Labute approximate surface area is 178 Å². The minimum absolute atomic E-state index is 0.129. The van der Waals surface area contributed by atoms with E-state index in [1.165, 1.54) is 24.3 Å². The fourth-order valence-corrected chi connectivity index (χ4v) is 3.90. The van der Waals surface area contributed by atoms with Crippen LogP contribution in [0.1, 0.15) is 21.6 Å². The number of rotatable bonds is 5. The number of carbonyl (C=O) groups excluding carboxylic acids is 1. The summed E-state index contributed by atoms with van der Waals surface area (Å²) in [6.07, 6.45) is -3.76. The zero-order valence-electron chi connectivity index (χ0n) is 15.3. The van der Waals surface area contributed by atoms with Gasteiger partial charge in [-0.15, -0.1) is 0 Å². The Balaban J connectivity index is 1.89. The van der Waals surface area contributed by atoms with Crippen molar-refractivity contribution in [1.82, 2.24) is 9.97 Å². The Morgan fingerprint density at radius 1 is 1.10 bits per heavy atom. The van der Waals surface area contributed by atoms with Gasteiger partial charge in [0.05, 0.1) is 22.5 Å². The number of halogens is 5. The lowest BCUT2D eigenvalue weighted by atomic mass is 10.2. The van der Waals surface area contributed by atoms with Crippen LogP contribution in [0.25, 0.3) is 0 Å². The van der Waals surface area contributed by atoms with Crippen molar-refractivity contribution in [2.24, 2.45) is 0 Å². The van der Waals surface area contributed by atoms with Gasteiger partial charge >= 0.3 is 6.18 Å². The standard InChI is InChI=1S/C19H12ClF4N3O3S/c20-14-9-25-18(31(29,30)10-11-4-1-2-7-15(11)21)27-16(14)17(28)26-13-6-3-5-12(8-13)19(22,23)24/h1-9H,10H2,(H,26,28). The van der Waals surface area contributed by atoms with Crippen molar-refractivity contribution in [1.29, 1.82) is 0 Å². The molecule has 0 unspecified atom stereocenters. The molecule has 6 nitrogen and oxygen atoms in total. The van der Waals surface area contributed by atoms with E-state index in [0.717, 1.165) is 24.4 Å². The van der Waals surface area contributed by atoms with Gasteiger partial charge in [0.25, 0.3) is 5.91 Å². The third kappa shape index (κ3) is 5.36.